The first-order valence-electron chi connectivity index (χ1n) is 16.6. The molecule has 0 radical (unpaired) electrons. The first-order chi connectivity index (χ1) is 19.8. The molecule has 2 N–H and O–H groups in total. The molecule has 1 rings (SSSR count). The highest BCUT2D eigenvalue weighted by molar-refractivity contribution is 5.78. The first-order valence-corrected chi connectivity index (χ1v) is 16.6. The quantitative estimate of drug-likeness (QED) is 0.125. The van der Waals surface area contributed by atoms with Crippen LogP contribution in [0.15, 0.2) is 0 Å². The molecular formula is C33H66N2O6. The Hall–Kier alpha value is -0.770. The third kappa shape index (κ3) is 15.0. The van der Waals surface area contributed by atoms with Crippen molar-refractivity contribution in [2.24, 2.45) is 17.8 Å². The van der Waals surface area contributed by atoms with Gasteiger partial charge in [0.15, 0.2) is 6.29 Å². The monoisotopic (exact) mass is 586 g/mol. The molecular weight excluding hydrogens is 520 g/mol. The highest BCUT2D eigenvalue weighted by atomic mass is 16.7. The van der Waals surface area contributed by atoms with Crippen LogP contribution in [0, 0.1) is 17.8 Å². The molecule has 1 aliphatic heterocycles. The van der Waals surface area contributed by atoms with Crippen LogP contribution in [0.2, 0.25) is 0 Å². The molecule has 8 atom stereocenters. The molecule has 8 heteroatoms. The number of hydrogen-bond acceptors (Lipinski definition) is 7. The maximum atomic E-state index is 12.6. The van der Waals surface area contributed by atoms with Gasteiger partial charge in [-0.1, -0.05) is 105 Å². The van der Waals surface area contributed by atoms with E-state index in [4.69, 9.17) is 23.7 Å². The summed E-state index contributed by atoms with van der Waals surface area (Å²) in [4.78, 5) is 12.6. The van der Waals surface area contributed by atoms with Gasteiger partial charge < -0.3 is 34.3 Å². The molecule has 8 nitrogen and oxygen atoms in total. The highest BCUT2D eigenvalue weighted by Gasteiger charge is 2.40. The lowest BCUT2D eigenvalue weighted by Gasteiger charge is -2.44. The lowest BCUT2D eigenvalue weighted by atomic mass is 9.79. The summed E-state index contributed by atoms with van der Waals surface area (Å²) >= 11 is 0. The van der Waals surface area contributed by atoms with E-state index in [0.29, 0.717) is 18.4 Å². The number of methoxy groups -OCH3 is 3. The minimum atomic E-state index is -0.375. The molecule has 244 valence electrons. The predicted octanol–water partition coefficient (Wildman–Crippen LogP) is 6.11. The van der Waals surface area contributed by atoms with Gasteiger partial charge in [0.2, 0.25) is 5.91 Å². The summed E-state index contributed by atoms with van der Waals surface area (Å²) in [6.45, 7) is 9.94. The van der Waals surface area contributed by atoms with E-state index in [2.05, 4.69) is 38.3 Å². The fourth-order valence-electron chi connectivity index (χ4n) is 6.05. The van der Waals surface area contributed by atoms with Gasteiger partial charge in [0.1, 0.15) is 6.10 Å². The Morgan fingerprint density at radius 1 is 0.805 bits per heavy atom. The summed E-state index contributed by atoms with van der Waals surface area (Å²) in [6, 6.07) is -0.366. The average molecular weight is 587 g/mol. The number of nitrogens with one attached hydrogen (secondary N) is 2. The fourth-order valence-corrected chi connectivity index (χ4v) is 6.05. The van der Waals surface area contributed by atoms with Crippen LogP contribution in [-0.2, 0) is 28.5 Å². The Labute approximate surface area is 252 Å². The molecule has 1 aliphatic rings. The maximum absolute atomic E-state index is 12.6. The molecule has 0 aromatic heterocycles. The molecule has 0 aliphatic carbocycles. The van der Waals surface area contributed by atoms with Gasteiger partial charge in [-0.15, -0.1) is 0 Å². The van der Waals surface area contributed by atoms with Crippen molar-refractivity contribution >= 4 is 5.91 Å². The van der Waals surface area contributed by atoms with Gasteiger partial charge in [-0.3, -0.25) is 4.79 Å². The molecule has 0 aromatic carbocycles. The van der Waals surface area contributed by atoms with E-state index in [9.17, 15) is 4.79 Å². The van der Waals surface area contributed by atoms with Crippen LogP contribution in [0.3, 0.4) is 0 Å². The van der Waals surface area contributed by atoms with Crippen molar-refractivity contribution in [2.45, 2.75) is 142 Å². The van der Waals surface area contributed by atoms with Crippen molar-refractivity contribution in [1.82, 2.24) is 10.6 Å². The Morgan fingerprint density at radius 3 is 1.90 bits per heavy atom. The maximum Gasteiger partial charge on any atom is 0.234 e. The van der Waals surface area contributed by atoms with Crippen molar-refractivity contribution in [2.75, 3.05) is 48.1 Å². The second-order valence-corrected chi connectivity index (χ2v) is 12.3. The zero-order valence-electron chi connectivity index (χ0n) is 27.9. The lowest BCUT2D eigenvalue weighted by molar-refractivity contribution is -0.259. The molecule has 2 unspecified atom stereocenters. The number of amides is 1. The second-order valence-electron chi connectivity index (χ2n) is 12.3. The fraction of sp³-hybridized carbons (Fsp3) is 0.970. The molecule has 0 spiro atoms. The number of likely N-dealkylation sites (N-methyl/N-ethyl adjacent to an activating group) is 1. The van der Waals surface area contributed by atoms with Gasteiger partial charge in [-0.05, 0) is 25.3 Å². The minimum absolute atomic E-state index is 0.0238. The largest absolute Gasteiger partial charge is 0.382 e. The molecule has 0 saturated carbocycles. The number of carbonyl (C=O) groups is 1. The van der Waals surface area contributed by atoms with Crippen LogP contribution in [0.25, 0.3) is 0 Å². The summed E-state index contributed by atoms with van der Waals surface area (Å²) in [5.74, 6) is 0.908. The zero-order valence-corrected chi connectivity index (χ0v) is 27.9. The zero-order chi connectivity index (χ0) is 30.5. The Bertz CT molecular complexity index is 639. The summed E-state index contributed by atoms with van der Waals surface area (Å²) in [5.41, 5.74) is 0. The molecule has 1 saturated heterocycles. The number of ether oxygens (including phenoxy) is 5. The Morgan fingerprint density at radius 2 is 1.39 bits per heavy atom. The number of carbonyl (C=O) groups excluding carboxylic acids is 1. The Kier molecular flexibility index (Phi) is 22.1. The first kappa shape index (κ1) is 38.3. The molecule has 1 fully saturated rings. The van der Waals surface area contributed by atoms with Crippen molar-refractivity contribution < 1.29 is 28.5 Å². The Balaban J connectivity index is 2.62. The molecule has 0 aromatic rings. The van der Waals surface area contributed by atoms with E-state index in [-0.39, 0.29) is 55.6 Å². The molecule has 41 heavy (non-hydrogen) atoms. The van der Waals surface area contributed by atoms with Gasteiger partial charge in [0.25, 0.3) is 0 Å². The van der Waals surface area contributed by atoms with Crippen LogP contribution in [-0.4, -0.2) is 84.7 Å². The molecule has 1 amide bonds. The van der Waals surface area contributed by atoms with E-state index in [1.807, 2.05) is 0 Å². The van der Waals surface area contributed by atoms with Gasteiger partial charge in [-0.2, -0.15) is 0 Å². The van der Waals surface area contributed by atoms with Crippen molar-refractivity contribution in [1.29, 1.82) is 0 Å². The van der Waals surface area contributed by atoms with E-state index >= 15 is 0 Å². The van der Waals surface area contributed by atoms with Crippen LogP contribution in [0.1, 0.15) is 111 Å². The highest BCUT2D eigenvalue weighted by Crippen LogP contribution is 2.35. The van der Waals surface area contributed by atoms with Crippen molar-refractivity contribution in [3.63, 3.8) is 0 Å². The van der Waals surface area contributed by atoms with E-state index in [1.165, 1.54) is 70.6 Å². The number of hydrogen-bond donors (Lipinski definition) is 2. The average Bonchev–Trinajstić information content (AvgIpc) is 2.96. The predicted molar refractivity (Wildman–Crippen MR) is 167 cm³/mol. The van der Waals surface area contributed by atoms with E-state index < -0.39 is 0 Å². The summed E-state index contributed by atoms with van der Waals surface area (Å²) < 4.78 is 30.0. The smallest absolute Gasteiger partial charge is 0.234 e. The molecule has 0 bridgehead atoms. The summed E-state index contributed by atoms with van der Waals surface area (Å²) in [5, 5.41) is 6.06. The lowest BCUT2D eigenvalue weighted by Crippen LogP contribution is -2.55. The standard InChI is InChI=1S/C33H66N2O6/c1-9-10-11-12-13-14-15-16-17-18-19-20-21-29(38-7)32(39-8)28(35-31(36)22-34-5)23-40-33-27(4)25(2)26(3)30(41-33)24-37-6/h25-30,32-34H,9-24H2,1-8H3,(H,35,36)/t25-,26+,27?,28-,29+,30?,32-,33-/m0/s1. The summed E-state index contributed by atoms with van der Waals surface area (Å²) in [6.07, 6.45) is 15.8. The van der Waals surface area contributed by atoms with Gasteiger partial charge >= 0.3 is 0 Å². The topological polar surface area (TPSA) is 87.3 Å². The van der Waals surface area contributed by atoms with Gasteiger partial charge in [0.05, 0.1) is 38.0 Å². The number of unbranched alkanes of at least 4 members (excludes halogenated alkanes) is 11. The number of rotatable bonds is 25. The van der Waals surface area contributed by atoms with E-state index in [1.54, 1.807) is 28.4 Å². The van der Waals surface area contributed by atoms with Crippen LogP contribution in [0.5, 0.6) is 0 Å². The molecule has 1 heterocycles. The normalized spacial score (nSPS) is 25.1. The van der Waals surface area contributed by atoms with Crippen LogP contribution < -0.4 is 10.6 Å². The van der Waals surface area contributed by atoms with Crippen LogP contribution in [0.4, 0.5) is 0 Å². The SMILES string of the molecule is CCCCCCCCCCCCCC[C@@H](OC)[C@@H](OC)[C@H](CO[C@H]1OC(COC)[C@H](C)[C@H](C)C1C)NC(=O)CNC. The summed E-state index contributed by atoms with van der Waals surface area (Å²) in [7, 11) is 6.89. The third-order valence-corrected chi connectivity index (χ3v) is 9.12. The second kappa shape index (κ2) is 23.7. The van der Waals surface area contributed by atoms with Crippen molar-refractivity contribution in [3.05, 3.63) is 0 Å². The van der Waals surface area contributed by atoms with Gasteiger partial charge in [0, 0.05) is 27.2 Å². The van der Waals surface area contributed by atoms with Crippen molar-refractivity contribution in [3.8, 4) is 0 Å². The van der Waals surface area contributed by atoms with E-state index in [0.717, 1.165) is 12.8 Å². The van der Waals surface area contributed by atoms with Crippen LogP contribution >= 0.6 is 0 Å². The minimum Gasteiger partial charge on any atom is -0.382 e. The van der Waals surface area contributed by atoms with Gasteiger partial charge in [-0.25, -0.2) is 0 Å². The third-order valence-electron chi connectivity index (χ3n) is 9.12.